The van der Waals surface area contributed by atoms with E-state index in [1.54, 1.807) is 26.0 Å². The highest BCUT2D eigenvalue weighted by Gasteiger charge is 2.19. The van der Waals surface area contributed by atoms with Crippen molar-refractivity contribution in [2.75, 3.05) is 12.3 Å². The predicted octanol–water partition coefficient (Wildman–Crippen LogP) is 0.236. The van der Waals surface area contributed by atoms with Crippen LogP contribution in [0.3, 0.4) is 0 Å². The molecule has 0 spiro atoms. The molecule has 5 nitrogen and oxygen atoms in total. The Morgan fingerprint density at radius 2 is 2.12 bits per heavy atom. The van der Waals surface area contributed by atoms with Crippen LogP contribution in [0.5, 0.6) is 0 Å². The zero-order valence-corrected chi connectivity index (χ0v) is 10.1. The average molecular weight is 244 g/mol. The second-order valence-electron chi connectivity index (χ2n) is 3.68. The van der Waals surface area contributed by atoms with E-state index < -0.39 is 16.1 Å². The highest BCUT2D eigenvalue weighted by Crippen LogP contribution is 2.20. The van der Waals surface area contributed by atoms with Crippen molar-refractivity contribution >= 4 is 15.7 Å². The highest BCUT2D eigenvalue weighted by atomic mass is 32.2. The zero-order valence-electron chi connectivity index (χ0n) is 9.27. The summed E-state index contributed by atoms with van der Waals surface area (Å²) >= 11 is 0. The molecule has 0 unspecified atom stereocenters. The molecule has 0 radical (unpaired) electrons. The average Bonchev–Trinajstić information content (AvgIpc) is 2.21. The fraction of sp³-hybridized carbons (Fsp3) is 0.400. The SMILES string of the molecule is Cc1c(N)cccc1S(=O)(=O)N[C@H](C)CO. The molecule has 1 aromatic carbocycles. The van der Waals surface area contributed by atoms with Crippen LogP contribution in [0.2, 0.25) is 0 Å². The Bertz CT molecular complexity index is 471. The fourth-order valence-corrected chi connectivity index (χ4v) is 2.80. The lowest BCUT2D eigenvalue weighted by Gasteiger charge is -2.14. The molecule has 0 saturated heterocycles. The van der Waals surface area contributed by atoms with Crippen molar-refractivity contribution in [1.82, 2.24) is 4.72 Å². The molecular formula is C10H16N2O3S. The summed E-state index contributed by atoms with van der Waals surface area (Å²) in [5, 5.41) is 8.82. The number of aliphatic hydroxyl groups is 1. The third-order valence-corrected chi connectivity index (χ3v) is 3.98. The summed E-state index contributed by atoms with van der Waals surface area (Å²) in [5.74, 6) is 0. The van der Waals surface area contributed by atoms with Crippen LogP contribution in [0, 0.1) is 6.92 Å². The van der Waals surface area contributed by atoms with E-state index in [1.807, 2.05) is 0 Å². The molecule has 16 heavy (non-hydrogen) atoms. The molecule has 0 fully saturated rings. The lowest BCUT2D eigenvalue weighted by atomic mass is 10.2. The van der Waals surface area contributed by atoms with Gasteiger partial charge >= 0.3 is 0 Å². The summed E-state index contributed by atoms with van der Waals surface area (Å²) in [6.45, 7) is 2.98. The summed E-state index contributed by atoms with van der Waals surface area (Å²) in [7, 11) is -3.61. The Labute approximate surface area is 95.3 Å². The Kier molecular flexibility index (Phi) is 3.90. The minimum absolute atomic E-state index is 0.146. The van der Waals surface area contributed by atoms with Gasteiger partial charge < -0.3 is 10.8 Å². The number of aliphatic hydroxyl groups excluding tert-OH is 1. The maximum Gasteiger partial charge on any atom is 0.241 e. The van der Waals surface area contributed by atoms with Crippen molar-refractivity contribution in [1.29, 1.82) is 0 Å². The number of nitrogens with one attached hydrogen (secondary N) is 1. The van der Waals surface area contributed by atoms with Crippen molar-refractivity contribution < 1.29 is 13.5 Å². The van der Waals surface area contributed by atoms with Crippen LogP contribution in [0.1, 0.15) is 12.5 Å². The monoisotopic (exact) mass is 244 g/mol. The largest absolute Gasteiger partial charge is 0.398 e. The van der Waals surface area contributed by atoms with Crippen molar-refractivity contribution in [3.05, 3.63) is 23.8 Å². The molecule has 0 aliphatic heterocycles. The van der Waals surface area contributed by atoms with Gasteiger partial charge in [-0.25, -0.2) is 13.1 Å². The third kappa shape index (κ3) is 2.72. The lowest BCUT2D eigenvalue weighted by molar-refractivity contribution is 0.265. The third-order valence-electron chi connectivity index (χ3n) is 2.25. The van der Waals surface area contributed by atoms with Gasteiger partial charge in [0.1, 0.15) is 0 Å². The van der Waals surface area contributed by atoms with E-state index >= 15 is 0 Å². The Hall–Kier alpha value is -1.11. The molecule has 1 rings (SSSR count). The summed E-state index contributed by atoms with van der Waals surface area (Å²) in [5.41, 5.74) is 6.58. The highest BCUT2D eigenvalue weighted by molar-refractivity contribution is 7.89. The van der Waals surface area contributed by atoms with Crippen LogP contribution in [-0.4, -0.2) is 26.2 Å². The zero-order chi connectivity index (χ0) is 12.3. The van der Waals surface area contributed by atoms with Crippen LogP contribution in [0.25, 0.3) is 0 Å². The van der Waals surface area contributed by atoms with Crippen LogP contribution in [-0.2, 0) is 10.0 Å². The summed E-state index contributed by atoms with van der Waals surface area (Å²) in [6.07, 6.45) is 0. The van der Waals surface area contributed by atoms with Crippen LogP contribution in [0.4, 0.5) is 5.69 Å². The fourth-order valence-electron chi connectivity index (χ4n) is 1.29. The number of hydrogen-bond acceptors (Lipinski definition) is 4. The van der Waals surface area contributed by atoms with E-state index in [-0.39, 0.29) is 11.5 Å². The van der Waals surface area contributed by atoms with Gasteiger partial charge in [-0.15, -0.1) is 0 Å². The minimum Gasteiger partial charge on any atom is -0.398 e. The van der Waals surface area contributed by atoms with E-state index in [0.717, 1.165) is 0 Å². The number of sulfonamides is 1. The van der Waals surface area contributed by atoms with Gasteiger partial charge in [-0.3, -0.25) is 0 Å². The number of nitrogens with two attached hydrogens (primary N) is 1. The molecule has 4 N–H and O–H groups in total. The number of hydrogen-bond donors (Lipinski definition) is 3. The van der Waals surface area contributed by atoms with Crippen molar-refractivity contribution in [2.45, 2.75) is 24.8 Å². The molecule has 0 heterocycles. The Morgan fingerprint density at radius 3 is 2.69 bits per heavy atom. The Morgan fingerprint density at radius 1 is 1.50 bits per heavy atom. The summed E-state index contributed by atoms with van der Waals surface area (Å²) in [6, 6.07) is 4.19. The van der Waals surface area contributed by atoms with E-state index in [1.165, 1.54) is 6.07 Å². The molecule has 0 aliphatic carbocycles. The van der Waals surface area contributed by atoms with Gasteiger partial charge in [-0.05, 0) is 31.5 Å². The first kappa shape index (κ1) is 13.0. The predicted molar refractivity (Wildman–Crippen MR) is 62.5 cm³/mol. The first-order chi connectivity index (χ1) is 7.38. The Balaban J connectivity index is 3.13. The van der Waals surface area contributed by atoms with E-state index in [0.29, 0.717) is 11.3 Å². The first-order valence-corrected chi connectivity index (χ1v) is 6.35. The van der Waals surface area contributed by atoms with Gasteiger partial charge in [0.25, 0.3) is 0 Å². The van der Waals surface area contributed by atoms with Crippen molar-refractivity contribution in [3.63, 3.8) is 0 Å². The number of benzene rings is 1. The van der Waals surface area contributed by atoms with Gasteiger partial charge in [0, 0.05) is 11.7 Å². The molecule has 0 aromatic heterocycles. The topological polar surface area (TPSA) is 92.4 Å². The number of anilines is 1. The summed E-state index contributed by atoms with van der Waals surface area (Å²) in [4.78, 5) is 0.146. The smallest absolute Gasteiger partial charge is 0.241 e. The van der Waals surface area contributed by atoms with Gasteiger partial charge in [0.05, 0.1) is 11.5 Å². The second-order valence-corrected chi connectivity index (χ2v) is 5.36. The molecule has 0 amide bonds. The first-order valence-electron chi connectivity index (χ1n) is 4.86. The second kappa shape index (κ2) is 4.82. The molecule has 6 heteroatoms. The van der Waals surface area contributed by atoms with E-state index in [2.05, 4.69) is 4.72 Å². The number of rotatable bonds is 4. The molecule has 0 saturated carbocycles. The normalized spacial score (nSPS) is 13.7. The molecule has 0 aliphatic rings. The number of nitrogen functional groups attached to an aromatic ring is 1. The van der Waals surface area contributed by atoms with Crippen LogP contribution in [0.15, 0.2) is 23.1 Å². The maximum absolute atomic E-state index is 11.9. The molecular weight excluding hydrogens is 228 g/mol. The minimum atomic E-state index is -3.61. The lowest BCUT2D eigenvalue weighted by Crippen LogP contribution is -2.35. The molecule has 0 bridgehead atoms. The molecule has 1 aromatic rings. The molecule has 1 atom stereocenters. The van der Waals surface area contributed by atoms with Gasteiger partial charge in [0.2, 0.25) is 10.0 Å². The van der Waals surface area contributed by atoms with Gasteiger partial charge in [-0.2, -0.15) is 0 Å². The standard InChI is InChI=1S/C10H16N2O3S/c1-7(6-13)12-16(14,15)10-5-3-4-9(11)8(10)2/h3-5,7,12-13H,6,11H2,1-2H3/t7-/m1/s1. The maximum atomic E-state index is 11.9. The quantitative estimate of drug-likeness (QED) is 0.661. The van der Waals surface area contributed by atoms with Crippen molar-refractivity contribution in [3.8, 4) is 0 Å². The van der Waals surface area contributed by atoms with E-state index in [4.69, 9.17) is 10.8 Å². The van der Waals surface area contributed by atoms with Gasteiger partial charge in [-0.1, -0.05) is 6.07 Å². The van der Waals surface area contributed by atoms with Crippen molar-refractivity contribution in [2.24, 2.45) is 0 Å². The van der Waals surface area contributed by atoms with Gasteiger partial charge in [0.15, 0.2) is 0 Å². The van der Waals surface area contributed by atoms with Crippen LogP contribution < -0.4 is 10.5 Å². The van der Waals surface area contributed by atoms with Crippen LogP contribution >= 0.6 is 0 Å². The van der Waals surface area contributed by atoms with E-state index in [9.17, 15) is 8.42 Å². The summed E-state index contributed by atoms with van der Waals surface area (Å²) < 4.78 is 26.2. The molecule has 90 valence electrons.